The van der Waals surface area contributed by atoms with E-state index >= 15 is 0 Å². The molecule has 51 heavy (non-hydrogen) atoms. The van der Waals surface area contributed by atoms with E-state index in [-0.39, 0.29) is 0 Å². The van der Waals surface area contributed by atoms with Gasteiger partial charge in [-0.05, 0) is 90.5 Å². The van der Waals surface area contributed by atoms with Crippen LogP contribution in [-0.2, 0) is 0 Å². The Hall–Kier alpha value is -6.64. The summed E-state index contributed by atoms with van der Waals surface area (Å²) in [7, 11) is 0. The van der Waals surface area contributed by atoms with Crippen LogP contribution in [0.1, 0.15) is 11.1 Å². The Kier molecular flexibility index (Phi) is 7.56. The average Bonchev–Trinajstić information content (AvgIpc) is 3.20. The predicted molar refractivity (Wildman–Crippen MR) is 218 cm³/mol. The molecule has 0 aliphatic carbocycles. The Bertz CT molecular complexity index is 2690. The molecule has 0 fully saturated rings. The van der Waals surface area contributed by atoms with Crippen molar-refractivity contribution in [2.24, 2.45) is 0 Å². The molecule has 0 bridgehead atoms. The van der Waals surface area contributed by atoms with Crippen LogP contribution in [0.4, 0.5) is 0 Å². The Balaban J connectivity index is 1.27. The van der Waals surface area contributed by atoms with Gasteiger partial charge in [-0.2, -0.15) is 0 Å². The second kappa shape index (κ2) is 12.7. The van der Waals surface area contributed by atoms with E-state index in [4.69, 9.17) is 9.97 Å². The van der Waals surface area contributed by atoms with Gasteiger partial charge in [0.1, 0.15) is 0 Å². The first-order valence-corrected chi connectivity index (χ1v) is 17.4. The van der Waals surface area contributed by atoms with E-state index in [1.807, 2.05) is 12.2 Å². The van der Waals surface area contributed by atoms with Gasteiger partial charge in [0.05, 0.1) is 11.4 Å². The van der Waals surface area contributed by atoms with Crippen LogP contribution >= 0.6 is 0 Å². The molecule has 240 valence electrons. The fourth-order valence-corrected chi connectivity index (χ4v) is 7.50. The molecule has 0 amide bonds. The van der Waals surface area contributed by atoms with E-state index in [2.05, 4.69) is 177 Å². The summed E-state index contributed by atoms with van der Waals surface area (Å²) in [4.78, 5) is 10.7. The van der Waals surface area contributed by atoms with Gasteiger partial charge in [0, 0.05) is 16.7 Å². The number of rotatable bonds is 6. The zero-order chi connectivity index (χ0) is 34.3. The minimum absolute atomic E-state index is 0.711. The minimum atomic E-state index is 0.711. The maximum absolute atomic E-state index is 5.40. The highest BCUT2D eigenvalue weighted by atomic mass is 14.9. The molecule has 0 aliphatic rings. The summed E-state index contributed by atoms with van der Waals surface area (Å²) in [6.07, 6.45) is 5.90. The number of hydrogen-bond donors (Lipinski definition) is 0. The Morgan fingerprint density at radius 3 is 1.63 bits per heavy atom. The molecule has 0 radical (unpaired) electrons. The van der Waals surface area contributed by atoms with Crippen molar-refractivity contribution in [3.63, 3.8) is 0 Å². The molecule has 1 heterocycles. The largest absolute Gasteiger partial charge is 0.228 e. The van der Waals surface area contributed by atoms with Crippen molar-refractivity contribution in [1.82, 2.24) is 9.97 Å². The van der Waals surface area contributed by atoms with Crippen molar-refractivity contribution in [3.05, 3.63) is 188 Å². The normalized spacial score (nSPS) is 11.6. The molecule has 2 heteroatoms. The highest BCUT2D eigenvalue weighted by molar-refractivity contribution is 6.15. The number of hydrogen-bond acceptors (Lipinski definition) is 2. The fourth-order valence-electron chi connectivity index (χ4n) is 7.50. The number of allylic oxidation sites excluding steroid dienone is 2. The molecule has 0 saturated heterocycles. The van der Waals surface area contributed by atoms with E-state index in [1.54, 1.807) is 0 Å². The molecule has 2 nitrogen and oxygen atoms in total. The summed E-state index contributed by atoms with van der Waals surface area (Å²) < 4.78 is 0. The van der Waals surface area contributed by atoms with Crippen LogP contribution in [-0.4, -0.2) is 9.97 Å². The van der Waals surface area contributed by atoms with Crippen LogP contribution in [0.25, 0.3) is 94.2 Å². The fraction of sp³-hybridized carbons (Fsp3) is 0.0204. The second-order valence-electron chi connectivity index (χ2n) is 13.0. The van der Waals surface area contributed by atoms with E-state index in [0.29, 0.717) is 5.82 Å². The Labute approximate surface area is 297 Å². The number of fused-ring (bicyclic) bond motifs is 6. The predicted octanol–water partition coefficient (Wildman–Crippen LogP) is 13.3. The highest BCUT2D eigenvalue weighted by Gasteiger charge is 2.17. The van der Waals surface area contributed by atoms with E-state index in [0.717, 1.165) is 33.5 Å². The first-order valence-electron chi connectivity index (χ1n) is 17.4. The third-order valence-corrected chi connectivity index (χ3v) is 10.1. The molecular formula is C49H34N2. The topological polar surface area (TPSA) is 25.8 Å². The molecule has 0 saturated carbocycles. The first kappa shape index (κ1) is 30.4. The average molecular weight is 651 g/mol. The van der Waals surface area contributed by atoms with Gasteiger partial charge in [-0.3, -0.25) is 0 Å². The van der Waals surface area contributed by atoms with Gasteiger partial charge in [0.25, 0.3) is 0 Å². The van der Waals surface area contributed by atoms with Gasteiger partial charge in [0.15, 0.2) is 5.82 Å². The molecule has 9 rings (SSSR count). The molecule has 0 atom stereocenters. The molecule has 1 aromatic heterocycles. The zero-order valence-corrected chi connectivity index (χ0v) is 28.3. The second-order valence-corrected chi connectivity index (χ2v) is 13.0. The van der Waals surface area contributed by atoms with Crippen LogP contribution in [0.2, 0.25) is 0 Å². The van der Waals surface area contributed by atoms with Crippen molar-refractivity contribution < 1.29 is 0 Å². The summed E-state index contributed by atoms with van der Waals surface area (Å²) in [5.74, 6) is 0.711. The highest BCUT2D eigenvalue weighted by Crippen LogP contribution is 2.39. The molecule has 9 aromatic rings. The molecular weight excluding hydrogens is 617 g/mol. The summed E-state index contributed by atoms with van der Waals surface area (Å²) in [5, 5.41) is 9.54. The SMILES string of the molecule is C=CC=Cc1cccc(-c2ccc(-c3cc(-c4cc5ccccc5c5ccccc45)nc(-c4cc5ccccc5c5ccccc45)n3)cc2)c1C. The van der Waals surface area contributed by atoms with Crippen molar-refractivity contribution in [1.29, 1.82) is 0 Å². The zero-order valence-electron chi connectivity index (χ0n) is 28.3. The summed E-state index contributed by atoms with van der Waals surface area (Å²) >= 11 is 0. The van der Waals surface area contributed by atoms with E-state index in [9.17, 15) is 0 Å². The monoisotopic (exact) mass is 650 g/mol. The quantitative estimate of drug-likeness (QED) is 0.132. The van der Waals surface area contributed by atoms with Crippen molar-refractivity contribution >= 4 is 49.2 Å². The molecule has 0 aliphatic heterocycles. The Morgan fingerprint density at radius 1 is 0.451 bits per heavy atom. The van der Waals surface area contributed by atoms with E-state index in [1.165, 1.54) is 60.0 Å². The molecule has 0 unspecified atom stereocenters. The van der Waals surface area contributed by atoms with Gasteiger partial charge in [-0.1, -0.05) is 164 Å². The smallest absolute Gasteiger partial charge is 0.161 e. The standard InChI is InChI=1S/C49H34N2/c1-3-4-14-33-17-13-24-38(32(33)2)34-25-27-35(28-26-34)47-31-48(45-29-36-15-5-7-18-39(36)41-20-9-11-22-43(41)45)51-49(50-47)46-30-37-16-6-8-19-40(37)42-21-10-12-23-44(42)46/h3-31H,1H2,2H3. The maximum Gasteiger partial charge on any atom is 0.161 e. The van der Waals surface area contributed by atoms with Crippen LogP contribution in [0.3, 0.4) is 0 Å². The summed E-state index contributed by atoms with van der Waals surface area (Å²) in [6, 6.07) is 56.4. The van der Waals surface area contributed by atoms with Gasteiger partial charge in [-0.15, -0.1) is 0 Å². The van der Waals surface area contributed by atoms with Crippen LogP contribution in [0, 0.1) is 6.92 Å². The third-order valence-electron chi connectivity index (χ3n) is 10.1. The van der Waals surface area contributed by atoms with Crippen molar-refractivity contribution in [2.45, 2.75) is 6.92 Å². The van der Waals surface area contributed by atoms with Crippen molar-refractivity contribution in [3.8, 4) is 45.0 Å². The molecule has 8 aromatic carbocycles. The van der Waals surface area contributed by atoms with Gasteiger partial charge in [0.2, 0.25) is 0 Å². The van der Waals surface area contributed by atoms with Gasteiger partial charge in [-0.25, -0.2) is 9.97 Å². The number of benzene rings is 8. The lowest BCUT2D eigenvalue weighted by Crippen LogP contribution is -1.98. The van der Waals surface area contributed by atoms with Gasteiger partial charge >= 0.3 is 0 Å². The molecule has 0 spiro atoms. The first-order chi connectivity index (χ1) is 25.2. The summed E-state index contributed by atoms with van der Waals surface area (Å²) in [5.41, 5.74) is 9.74. The van der Waals surface area contributed by atoms with E-state index < -0.39 is 0 Å². The van der Waals surface area contributed by atoms with Crippen LogP contribution < -0.4 is 0 Å². The Morgan fingerprint density at radius 2 is 0.980 bits per heavy atom. The van der Waals surface area contributed by atoms with Crippen LogP contribution in [0.5, 0.6) is 0 Å². The lowest BCUT2D eigenvalue weighted by atomic mass is 9.93. The molecule has 0 N–H and O–H groups in total. The van der Waals surface area contributed by atoms with Gasteiger partial charge < -0.3 is 0 Å². The lowest BCUT2D eigenvalue weighted by molar-refractivity contribution is 1.19. The third kappa shape index (κ3) is 5.39. The van der Waals surface area contributed by atoms with Crippen molar-refractivity contribution in [2.75, 3.05) is 0 Å². The number of aromatic nitrogens is 2. The lowest BCUT2D eigenvalue weighted by Gasteiger charge is -2.15. The minimum Gasteiger partial charge on any atom is -0.228 e. The number of nitrogens with zero attached hydrogens (tertiary/aromatic N) is 2. The maximum atomic E-state index is 5.40. The summed E-state index contributed by atoms with van der Waals surface area (Å²) in [6.45, 7) is 6.01. The van der Waals surface area contributed by atoms with Crippen LogP contribution in [0.15, 0.2) is 176 Å².